The van der Waals surface area contributed by atoms with Gasteiger partial charge in [-0.3, -0.25) is 4.79 Å². The van der Waals surface area contributed by atoms with Gasteiger partial charge in [-0.2, -0.15) is 0 Å². The molecule has 1 saturated heterocycles. The summed E-state index contributed by atoms with van der Waals surface area (Å²) in [6.07, 6.45) is 6.26. The molecule has 0 radical (unpaired) electrons. The monoisotopic (exact) mass is 398 g/mol. The summed E-state index contributed by atoms with van der Waals surface area (Å²) >= 11 is 0. The standard InChI is InChI=1S/C20H30N2O4.ClH/c1-24-17-8-7-15(13-18(17)26-16-5-3-4-6-16)14-22-19(23)20(25-2)9-11-21-12-10-20;/h7-8,13,16,21H,3-6,9-12,14H2,1-2H3,(H,22,23);1H. The van der Waals surface area contributed by atoms with Gasteiger partial charge in [0, 0.05) is 13.7 Å². The summed E-state index contributed by atoms with van der Waals surface area (Å²) in [6, 6.07) is 5.84. The topological polar surface area (TPSA) is 68.8 Å². The lowest BCUT2D eigenvalue weighted by Gasteiger charge is -2.34. The van der Waals surface area contributed by atoms with E-state index in [-0.39, 0.29) is 24.4 Å². The first-order valence-corrected chi connectivity index (χ1v) is 9.54. The van der Waals surface area contributed by atoms with Crippen LogP contribution in [0.4, 0.5) is 0 Å². The van der Waals surface area contributed by atoms with Crippen LogP contribution in [0.2, 0.25) is 0 Å². The maximum atomic E-state index is 12.7. The van der Waals surface area contributed by atoms with Crippen molar-refractivity contribution in [1.29, 1.82) is 0 Å². The second-order valence-electron chi connectivity index (χ2n) is 7.14. The molecule has 1 heterocycles. The molecule has 1 aliphatic carbocycles. The highest BCUT2D eigenvalue weighted by atomic mass is 35.5. The fourth-order valence-electron chi connectivity index (χ4n) is 3.81. The van der Waals surface area contributed by atoms with E-state index in [9.17, 15) is 4.79 Å². The number of benzene rings is 1. The molecule has 3 rings (SSSR count). The SMILES string of the molecule is COc1ccc(CNC(=O)C2(OC)CCNCC2)cc1OC1CCCC1.Cl. The molecule has 0 spiro atoms. The highest BCUT2D eigenvalue weighted by Gasteiger charge is 2.39. The van der Waals surface area contributed by atoms with E-state index >= 15 is 0 Å². The van der Waals surface area contributed by atoms with Crippen molar-refractivity contribution in [3.05, 3.63) is 23.8 Å². The van der Waals surface area contributed by atoms with E-state index in [1.54, 1.807) is 14.2 Å². The number of hydrogen-bond donors (Lipinski definition) is 2. The fourth-order valence-corrected chi connectivity index (χ4v) is 3.81. The van der Waals surface area contributed by atoms with Crippen LogP contribution in [0.15, 0.2) is 18.2 Å². The van der Waals surface area contributed by atoms with Gasteiger partial charge in [-0.15, -0.1) is 12.4 Å². The predicted octanol–water partition coefficient (Wildman–Crippen LogP) is 2.82. The van der Waals surface area contributed by atoms with Gasteiger partial charge in [0.2, 0.25) is 0 Å². The van der Waals surface area contributed by atoms with E-state index in [0.29, 0.717) is 19.4 Å². The molecule has 152 valence electrons. The molecule has 2 N–H and O–H groups in total. The van der Waals surface area contributed by atoms with Crippen molar-refractivity contribution in [2.75, 3.05) is 27.3 Å². The Bertz CT molecular complexity index is 614. The summed E-state index contributed by atoms with van der Waals surface area (Å²) < 4.78 is 17.1. The molecule has 1 amide bonds. The molecule has 27 heavy (non-hydrogen) atoms. The Morgan fingerprint density at radius 3 is 2.52 bits per heavy atom. The zero-order chi connectivity index (χ0) is 18.4. The Balaban J connectivity index is 0.00000261. The normalized spacial score (nSPS) is 19.2. The van der Waals surface area contributed by atoms with Crippen LogP contribution in [0.1, 0.15) is 44.1 Å². The zero-order valence-corrected chi connectivity index (χ0v) is 17.0. The van der Waals surface area contributed by atoms with Crippen molar-refractivity contribution in [2.45, 2.75) is 56.8 Å². The Labute approximate surface area is 167 Å². The van der Waals surface area contributed by atoms with Crippen molar-refractivity contribution < 1.29 is 19.0 Å². The number of nitrogens with one attached hydrogen (secondary N) is 2. The van der Waals surface area contributed by atoms with Crippen LogP contribution in [0, 0.1) is 0 Å². The molecule has 2 fully saturated rings. The molecule has 1 saturated carbocycles. The second kappa shape index (κ2) is 10.2. The minimum absolute atomic E-state index is 0. The van der Waals surface area contributed by atoms with Crippen molar-refractivity contribution in [3.8, 4) is 11.5 Å². The molecule has 0 aromatic heterocycles. The van der Waals surface area contributed by atoms with Gasteiger partial charge < -0.3 is 24.8 Å². The third kappa shape index (κ3) is 5.27. The summed E-state index contributed by atoms with van der Waals surface area (Å²) in [7, 11) is 3.27. The van der Waals surface area contributed by atoms with Crippen molar-refractivity contribution >= 4 is 18.3 Å². The zero-order valence-electron chi connectivity index (χ0n) is 16.2. The molecule has 6 nitrogen and oxygen atoms in total. The molecule has 0 atom stereocenters. The number of amides is 1. The van der Waals surface area contributed by atoms with Crippen LogP contribution < -0.4 is 20.1 Å². The highest BCUT2D eigenvalue weighted by Crippen LogP contribution is 2.32. The summed E-state index contributed by atoms with van der Waals surface area (Å²) in [5.74, 6) is 1.45. The van der Waals surface area contributed by atoms with Crippen molar-refractivity contribution in [2.24, 2.45) is 0 Å². The molecule has 0 bridgehead atoms. The quantitative estimate of drug-likeness (QED) is 0.739. The van der Waals surface area contributed by atoms with E-state index in [1.165, 1.54) is 12.8 Å². The number of piperidine rings is 1. The maximum absolute atomic E-state index is 12.7. The van der Waals surface area contributed by atoms with Gasteiger partial charge in [-0.1, -0.05) is 6.07 Å². The second-order valence-corrected chi connectivity index (χ2v) is 7.14. The van der Waals surface area contributed by atoms with Gasteiger partial charge in [-0.05, 0) is 69.3 Å². The summed E-state index contributed by atoms with van der Waals surface area (Å²) in [6.45, 7) is 2.04. The number of halogens is 1. The van der Waals surface area contributed by atoms with Crippen LogP contribution >= 0.6 is 12.4 Å². The Hall–Kier alpha value is -1.50. The van der Waals surface area contributed by atoms with Crippen LogP contribution in [0.5, 0.6) is 11.5 Å². The molecule has 1 aliphatic heterocycles. The molecular weight excluding hydrogens is 368 g/mol. The van der Waals surface area contributed by atoms with E-state index in [0.717, 1.165) is 43.0 Å². The Kier molecular flexibility index (Phi) is 8.20. The molecule has 7 heteroatoms. The minimum atomic E-state index is -0.721. The predicted molar refractivity (Wildman–Crippen MR) is 107 cm³/mol. The van der Waals surface area contributed by atoms with Crippen LogP contribution in [0.25, 0.3) is 0 Å². The first kappa shape index (κ1) is 21.8. The van der Waals surface area contributed by atoms with E-state index in [2.05, 4.69) is 10.6 Å². The molecule has 2 aliphatic rings. The lowest BCUT2D eigenvalue weighted by atomic mass is 9.91. The first-order valence-electron chi connectivity index (χ1n) is 9.54. The first-order chi connectivity index (χ1) is 12.7. The van der Waals surface area contributed by atoms with E-state index in [4.69, 9.17) is 14.2 Å². The molecule has 1 aromatic rings. The Morgan fingerprint density at radius 1 is 1.19 bits per heavy atom. The van der Waals surface area contributed by atoms with Gasteiger partial charge >= 0.3 is 0 Å². The van der Waals surface area contributed by atoms with Crippen molar-refractivity contribution in [1.82, 2.24) is 10.6 Å². The van der Waals surface area contributed by atoms with Gasteiger partial charge in [-0.25, -0.2) is 0 Å². The van der Waals surface area contributed by atoms with Crippen LogP contribution in [0.3, 0.4) is 0 Å². The number of methoxy groups -OCH3 is 2. The smallest absolute Gasteiger partial charge is 0.252 e. The molecule has 1 aromatic carbocycles. The average Bonchev–Trinajstić information content (AvgIpc) is 3.20. The lowest BCUT2D eigenvalue weighted by molar-refractivity contribution is -0.146. The number of hydrogen-bond acceptors (Lipinski definition) is 5. The maximum Gasteiger partial charge on any atom is 0.252 e. The highest BCUT2D eigenvalue weighted by molar-refractivity contribution is 5.85. The molecular formula is C20H31ClN2O4. The molecule has 0 unspecified atom stereocenters. The Morgan fingerprint density at radius 2 is 1.89 bits per heavy atom. The van der Waals surface area contributed by atoms with Gasteiger partial charge in [0.1, 0.15) is 5.60 Å². The minimum Gasteiger partial charge on any atom is -0.493 e. The number of carbonyl (C=O) groups excluding carboxylic acids is 1. The number of rotatable bonds is 7. The van der Waals surface area contributed by atoms with E-state index in [1.807, 2.05) is 18.2 Å². The largest absolute Gasteiger partial charge is 0.493 e. The van der Waals surface area contributed by atoms with Gasteiger partial charge in [0.25, 0.3) is 5.91 Å². The third-order valence-corrected chi connectivity index (χ3v) is 5.49. The summed E-state index contributed by atoms with van der Waals surface area (Å²) in [5.41, 5.74) is 0.272. The van der Waals surface area contributed by atoms with Gasteiger partial charge in [0.15, 0.2) is 11.5 Å². The van der Waals surface area contributed by atoms with E-state index < -0.39 is 5.60 Å². The third-order valence-electron chi connectivity index (χ3n) is 5.49. The number of carbonyl (C=O) groups is 1. The summed E-state index contributed by atoms with van der Waals surface area (Å²) in [5, 5.41) is 6.30. The average molecular weight is 399 g/mol. The van der Waals surface area contributed by atoms with Crippen LogP contribution in [-0.4, -0.2) is 44.9 Å². The lowest BCUT2D eigenvalue weighted by Crippen LogP contribution is -2.53. The van der Waals surface area contributed by atoms with Gasteiger partial charge in [0.05, 0.1) is 13.2 Å². The van der Waals surface area contributed by atoms with Crippen molar-refractivity contribution in [3.63, 3.8) is 0 Å². The number of ether oxygens (including phenoxy) is 3. The summed E-state index contributed by atoms with van der Waals surface area (Å²) in [4.78, 5) is 12.7. The fraction of sp³-hybridized carbons (Fsp3) is 0.650. The van der Waals surface area contributed by atoms with Crippen LogP contribution in [-0.2, 0) is 16.1 Å².